The van der Waals surface area contributed by atoms with Gasteiger partial charge in [0.1, 0.15) is 17.7 Å². The molecule has 1 aromatic heterocycles. The number of carbonyl (C=O) groups excluding carboxylic acids is 1. The second kappa shape index (κ2) is 9.00. The van der Waals surface area contributed by atoms with Crippen molar-refractivity contribution in [2.75, 3.05) is 12.4 Å². The quantitative estimate of drug-likeness (QED) is 0.664. The van der Waals surface area contributed by atoms with Crippen molar-refractivity contribution in [1.29, 1.82) is 0 Å². The van der Waals surface area contributed by atoms with E-state index in [4.69, 9.17) is 9.47 Å². The summed E-state index contributed by atoms with van der Waals surface area (Å²) in [5, 5.41) is 7.16. The number of methoxy groups -OCH3 is 1. The average Bonchev–Trinajstić information content (AvgIpc) is 3.13. The first-order chi connectivity index (χ1) is 13.2. The Bertz CT molecular complexity index is 877. The summed E-state index contributed by atoms with van der Waals surface area (Å²) in [6.45, 7) is 2.64. The molecule has 3 aromatic rings. The van der Waals surface area contributed by atoms with E-state index >= 15 is 0 Å². The summed E-state index contributed by atoms with van der Waals surface area (Å²) in [6, 6.07) is 19.3. The zero-order chi connectivity index (χ0) is 19.1. The lowest BCUT2D eigenvalue weighted by Gasteiger charge is -2.15. The molecular formula is C21H23N3O3. The highest BCUT2D eigenvalue weighted by molar-refractivity contribution is 5.93. The van der Waals surface area contributed by atoms with Crippen LogP contribution in [0.5, 0.6) is 5.75 Å². The molecule has 0 aliphatic carbocycles. The molecule has 140 valence electrons. The minimum absolute atomic E-state index is 0.215. The van der Waals surface area contributed by atoms with E-state index in [0.717, 1.165) is 16.9 Å². The molecule has 3 rings (SSSR count). The van der Waals surface area contributed by atoms with Crippen molar-refractivity contribution in [2.45, 2.75) is 26.2 Å². The van der Waals surface area contributed by atoms with Crippen LogP contribution < -0.4 is 10.1 Å². The fourth-order valence-corrected chi connectivity index (χ4v) is 2.61. The maximum Gasteiger partial charge on any atom is 0.254 e. The number of nitrogens with one attached hydrogen (secondary N) is 1. The first-order valence-corrected chi connectivity index (χ1v) is 8.77. The Morgan fingerprint density at radius 3 is 2.67 bits per heavy atom. The number of amides is 1. The summed E-state index contributed by atoms with van der Waals surface area (Å²) in [4.78, 5) is 12.5. The van der Waals surface area contributed by atoms with Gasteiger partial charge in [0.25, 0.3) is 5.91 Å². The smallest absolute Gasteiger partial charge is 0.254 e. The lowest BCUT2D eigenvalue weighted by molar-refractivity contribution is -0.127. The van der Waals surface area contributed by atoms with Crippen molar-refractivity contribution in [3.8, 4) is 5.75 Å². The Hall–Kier alpha value is -3.12. The number of anilines is 1. The zero-order valence-corrected chi connectivity index (χ0v) is 15.5. The number of hydrogen-bond donors (Lipinski definition) is 1. The number of rotatable bonds is 8. The minimum Gasteiger partial charge on any atom is -0.497 e. The summed E-state index contributed by atoms with van der Waals surface area (Å²) < 4.78 is 12.6. The molecule has 0 radical (unpaired) electrons. The lowest BCUT2D eigenvalue weighted by atomic mass is 10.2. The van der Waals surface area contributed by atoms with Gasteiger partial charge in [-0.15, -0.1) is 0 Å². The molecule has 2 aromatic carbocycles. The number of nitrogens with zero attached hydrogens (tertiary/aromatic N) is 2. The van der Waals surface area contributed by atoms with Gasteiger partial charge in [-0.2, -0.15) is 5.10 Å². The van der Waals surface area contributed by atoms with Crippen LogP contribution in [0, 0.1) is 0 Å². The van der Waals surface area contributed by atoms with Crippen molar-refractivity contribution in [1.82, 2.24) is 9.78 Å². The molecule has 1 unspecified atom stereocenters. The van der Waals surface area contributed by atoms with Gasteiger partial charge < -0.3 is 14.8 Å². The third-order valence-corrected chi connectivity index (χ3v) is 4.15. The van der Waals surface area contributed by atoms with E-state index in [1.807, 2.05) is 54.6 Å². The predicted octanol–water partition coefficient (Wildman–Crippen LogP) is 3.48. The van der Waals surface area contributed by atoms with E-state index in [0.29, 0.717) is 19.0 Å². The monoisotopic (exact) mass is 365 g/mol. The molecule has 1 N–H and O–H groups in total. The predicted molar refractivity (Wildman–Crippen MR) is 104 cm³/mol. The Balaban J connectivity index is 1.56. The van der Waals surface area contributed by atoms with E-state index in [1.165, 1.54) is 0 Å². The van der Waals surface area contributed by atoms with E-state index in [-0.39, 0.29) is 5.91 Å². The molecule has 0 spiro atoms. The second-order valence-corrected chi connectivity index (χ2v) is 6.15. The maximum absolute atomic E-state index is 12.5. The average molecular weight is 365 g/mol. The number of hydrogen-bond acceptors (Lipinski definition) is 4. The van der Waals surface area contributed by atoms with Gasteiger partial charge in [-0.1, -0.05) is 42.5 Å². The van der Waals surface area contributed by atoms with Crippen LogP contribution in [0.2, 0.25) is 0 Å². The molecule has 0 saturated carbocycles. The molecule has 1 atom stereocenters. The molecule has 6 nitrogen and oxygen atoms in total. The summed E-state index contributed by atoms with van der Waals surface area (Å²) in [6.07, 6.45) is 1.07. The van der Waals surface area contributed by atoms with Crippen LogP contribution in [0.1, 0.15) is 18.1 Å². The normalized spacial score (nSPS) is 11.8. The third-order valence-electron chi connectivity index (χ3n) is 4.15. The standard InChI is InChI=1S/C21H23N3O3/c1-16(27-15-18-9-6-10-19(13-18)26-2)21(25)23-20-11-12-22-24(20)14-17-7-4-3-5-8-17/h3-13,16H,14-15H2,1-2H3,(H,23,25). The fourth-order valence-electron chi connectivity index (χ4n) is 2.61. The molecule has 0 fully saturated rings. The SMILES string of the molecule is COc1cccc(COC(C)C(=O)Nc2ccnn2Cc2ccccc2)c1. The van der Waals surface area contributed by atoms with E-state index < -0.39 is 6.10 Å². The Labute approximate surface area is 158 Å². The van der Waals surface area contributed by atoms with E-state index in [1.54, 1.807) is 31.0 Å². The summed E-state index contributed by atoms with van der Waals surface area (Å²) in [7, 11) is 1.62. The van der Waals surface area contributed by atoms with Gasteiger partial charge in [-0.3, -0.25) is 4.79 Å². The van der Waals surface area contributed by atoms with Gasteiger partial charge in [0.15, 0.2) is 0 Å². The van der Waals surface area contributed by atoms with Crippen LogP contribution in [0.3, 0.4) is 0 Å². The molecule has 27 heavy (non-hydrogen) atoms. The topological polar surface area (TPSA) is 65.4 Å². The summed E-state index contributed by atoms with van der Waals surface area (Å²) in [5.41, 5.74) is 2.06. The van der Waals surface area contributed by atoms with Gasteiger partial charge in [-0.05, 0) is 30.2 Å². The number of benzene rings is 2. The van der Waals surface area contributed by atoms with Crippen LogP contribution in [0.25, 0.3) is 0 Å². The van der Waals surface area contributed by atoms with Crippen LogP contribution in [0.15, 0.2) is 66.9 Å². The molecule has 0 aliphatic rings. The van der Waals surface area contributed by atoms with Crippen molar-refractivity contribution in [2.24, 2.45) is 0 Å². The van der Waals surface area contributed by atoms with Gasteiger partial charge in [0, 0.05) is 6.07 Å². The number of aromatic nitrogens is 2. The van der Waals surface area contributed by atoms with Gasteiger partial charge >= 0.3 is 0 Å². The first kappa shape index (κ1) is 18.7. The Morgan fingerprint density at radius 2 is 1.89 bits per heavy atom. The van der Waals surface area contributed by atoms with Gasteiger partial charge in [-0.25, -0.2) is 4.68 Å². The highest BCUT2D eigenvalue weighted by Crippen LogP contribution is 2.15. The zero-order valence-electron chi connectivity index (χ0n) is 15.5. The lowest BCUT2D eigenvalue weighted by Crippen LogP contribution is -2.28. The number of carbonyl (C=O) groups is 1. The van der Waals surface area contributed by atoms with Gasteiger partial charge in [0.2, 0.25) is 0 Å². The highest BCUT2D eigenvalue weighted by Gasteiger charge is 2.16. The van der Waals surface area contributed by atoms with Crippen molar-refractivity contribution in [3.63, 3.8) is 0 Å². The molecule has 1 amide bonds. The maximum atomic E-state index is 12.5. The second-order valence-electron chi connectivity index (χ2n) is 6.15. The highest BCUT2D eigenvalue weighted by atomic mass is 16.5. The van der Waals surface area contributed by atoms with Crippen LogP contribution in [-0.4, -0.2) is 28.9 Å². The molecule has 1 heterocycles. The first-order valence-electron chi connectivity index (χ1n) is 8.77. The number of ether oxygens (including phenoxy) is 2. The summed E-state index contributed by atoms with van der Waals surface area (Å²) >= 11 is 0. The fraction of sp³-hybridized carbons (Fsp3) is 0.238. The largest absolute Gasteiger partial charge is 0.497 e. The molecule has 6 heteroatoms. The van der Waals surface area contributed by atoms with Crippen LogP contribution in [-0.2, 0) is 22.7 Å². The van der Waals surface area contributed by atoms with Gasteiger partial charge in [0.05, 0.1) is 26.5 Å². The molecular weight excluding hydrogens is 342 g/mol. The third kappa shape index (κ3) is 5.18. The van der Waals surface area contributed by atoms with Crippen molar-refractivity contribution >= 4 is 11.7 Å². The van der Waals surface area contributed by atoms with Crippen molar-refractivity contribution < 1.29 is 14.3 Å². The van der Waals surface area contributed by atoms with Crippen LogP contribution in [0.4, 0.5) is 5.82 Å². The van der Waals surface area contributed by atoms with E-state index in [2.05, 4.69) is 10.4 Å². The Morgan fingerprint density at radius 1 is 1.11 bits per heavy atom. The molecule has 0 saturated heterocycles. The Kier molecular flexibility index (Phi) is 6.22. The van der Waals surface area contributed by atoms with Crippen LogP contribution >= 0.6 is 0 Å². The molecule has 0 aliphatic heterocycles. The van der Waals surface area contributed by atoms with Crippen molar-refractivity contribution in [3.05, 3.63) is 78.0 Å². The molecule has 0 bridgehead atoms. The van der Waals surface area contributed by atoms with E-state index in [9.17, 15) is 4.79 Å². The minimum atomic E-state index is -0.601. The summed E-state index contributed by atoms with van der Waals surface area (Å²) in [5.74, 6) is 1.19.